The third kappa shape index (κ3) is 7.06. The highest BCUT2D eigenvalue weighted by Crippen LogP contribution is 2.29. The van der Waals surface area contributed by atoms with E-state index in [1.165, 1.54) is 13.0 Å². The van der Waals surface area contributed by atoms with E-state index >= 15 is 0 Å². The Morgan fingerprint density at radius 1 is 1.00 bits per heavy atom. The van der Waals surface area contributed by atoms with Crippen molar-refractivity contribution >= 4 is 17.7 Å². The lowest BCUT2D eigenvalue weighted by molar-refractivity contribution is -0.137. The number of ketones is 1. The van der Waals surface area contributed by atoms with Gasteiger partial charge < -0.3 is 10.1 Å². The molecule has 0 aliphatic rings. The summed E-state index contributed by atoms with van der Waals surface area (Å²) < 4.78 is 43.0. The Balaban J connectivity index is 1.87. The molecule has 0 bridgehead atoms. The molecule has 5 nitrogen and oxygen atoms in total. The van der Waals surface area contributed by atoms with Crippen molar-refractivity contribution < 1.29 is 32.3 Å². The number of aryl methyl sites for hydroxylation is 1. The fraction of sp³-hybridized carbons (Fsp3) is 0.286. The summed E-state index contributed by atoms with van der Waals surface area (Å²) in [6, 6.07) is 10.5. The highest BCUT2D eigenvalue weighted by Gasteiger charge is 2.31. The van der Waals surface area contributed by atoms with Crippen molar-refractivity contribution in [1.82, 2.24) is 5.32 Å². The van der Waals surface area contributed by atoms with Gasteiger partial charge in [0.2, 0.25) is 5.91 Å². The summed E-state index contributed by atoms with van der Waals surface area (Å²) in [5.74, 6) is -1.56. The van der Waals surface area contributed by atoms with Crippen LogP contribution in [-0.2, 0) is 22.1 Å². The standard InChI is InChI=1S/C21H20F3NO4/c1-14(26)25-11-3-4-15-7-9-16(10-8-15)19(27)13-29-20(28)17-5-2-6-18(12-17)21(22,23)24/h2,5-10,12H,3-4,11,13H2,1H3,(H,25,26). The number of carbonyl (C=O) groups excluding carboxylic acids is 3. The predicted molar refractivity (Wildman–Crippen MR) is 99.5 cm³/mol. The second kappa shape index (κ2) is 9.86. The van der Waals surface area contributed by atoms with Crippen LogP contribution >= 0.6 is 0 Å². The smallest absolute Gasteiger partial charge is 0.416 e. The lowest BCUT2D eigenvalue weighted by Gasteiger charge is -2.09. The lowest BCUT2D eigenvalue weighted by Crippen LogP contribution is -2.21. The van der Waals surface area contributed by atoms with Crippen LogP contribution in [0.3, 0.4) is 0 Å². The number of esters is 1. The zero-order chi connectivity index (χ0) is 21.4. The number of Topliss-reactive ketones (excluding diaryl/α,β-unsaturated/α-hetero) is 1. The van der Waals surface area contributed by atoms with Gasteiger partial charge in [0.05, 0.1) is 11.1 Å². The van der Waals surface area contributed by atoms with Crippen molar-refractivity contribution in [3.05, 3.63) is 70.8 Å². The molecule has 0 aliphatic carbocycles. The molecule has 0 spiro atoms. The quantitative estimate of drug-likeness (QED) is 0.410. The Labute approximate surface area is 165 Å². The molecule has 0 heterocycles. The van der Waals surface area contributed by atoms with E-state index in [4.69, 9.17) is 4.74 Å². The van der Waals surface area contributed by atoms with Crippen LogP contribution in [0.2, 0.25) is 0 Å². The van der Waals surface area contributed by atoms with Crippen LogP contribution in [0.4, 0.5) is 13.2 Å². The minimum absolute atomic E-state index is 0.0920. The Bertz CT molecular complexity index is 876. The topological polar surface area (TPSA) is 72.5 Å². The molecule has 0 unspecified atom stereocenters. The Hall–Kier alpha value is -3.16. The van der Waals surface area contributed by atoms with Crippen LogP contribution in [0, 0.1) is 0 Å². The summed E-state index contributed by atoms with van der Waals surface area (Å²) in [5, 5.41) is 2.69. The number of benzene rings is 2. The molecule has 0 atom stereocenters. The van der Waals surface area contributed by atoms with Gasteiger partial charge in [0.25, 0.3) is 0 Å². The van der Waals surface area contributed by atoms with Crippen molar-refractivity contribution in [3.63, 3.8) is 0 Å². The first-order valence-electron chi connectivity index (χ1n) is 8.88. The normalized spacial score (nSPS) is 11.0. The molecule has 2 rings (SSSR count). The molecule has 0 aliphatic heterocycles. The lowest BCUT2D eigenvalue weighted by atomic mass is 10.1. The van der Waals surface area contributed by atoms with Gasteiger partial charge in [-0.2, -0.15) is 13.2 Å². The maximum atomic E-state index is 12.7. The van der Waals surface area contributed by atoms with E-state index < -0.39 is 30.1 Å². The number of ether oxygens (including phenoxy) is 1. The molecular formula is C21H20F3NO4. The summed E-state index contributed by atoms with van der Waals surface area (Å²) in [7, 11) is 0. The number of alkyl halides is 3. The second-order valence-electron chi connectivity index (χ2n) is 6.36. The van der Waals surface area contributed by atoms with Crippen LogP contribution in [0.1, 0.15) is 45.2 Å². The van der Waals surface area contributed by atoms with E-state index in [0.717, 1.165) is 30.5 Å². The van der Waals surface area contributed by atoms with Crippen LogP contribution in [0.5, 0.6) is 0 Å². The third-order valence-electron chi connectivity index (χ3n) is 4.05. The first kappa shape index (κ1) is 22.1. The minimum atomic E-state index is -4.57. The third-order valence-corrected chi connectivity index (χ3v) is 4.05. The van der Waals surface area contributed by atoms with E-state index in [1.807, 2.05) is 0 Å². The molecule has 0 radical (unpaired) electrons. The predicted octanol–water partition coefficient (Wildman–Crippen LogP) is 3.81. The van der Waals surface area contributed by atoms with Gasteiger partial charge in [-0.1, -0.05) is 30.3 Å². The van der Waals surface area contributed by atoms with Crippen molar-refractivity contribution in [2.75, 3.05) is 13.2 Å². The number of hydrogen-bond acceptors (Lipinski definition) is 4. The SMILES string of the molecule is CC(=O)NCCCc1ccc(C(=O)COC(=O)c2cccc(C(F)(F)F)c2)cc1. The average molecular weight is 407 g/mol. The highest BCUT2D eigenvalue weighted by molar-refractivity contribution is 5.99. The van der Waals surface area contributed by atoms with E-state index in [9.17, 15) is 27.6 Å². The second-order valence-corrected chi connectivity index (χ2v) is 6.36. The average Bonchev–Trinajstić information content (AvgIpc) is 2.69. The van der Waals surface area contributed by atoms with Gasteiger partial charge in [0.15, 0.2) is 12.4 Å². The number of nitrogens with one attached hydrogen (secondary N) is 1. The molecule has 0 fully saturated rings. The molecule has 0 saturated carbocycles. The molecule has 0 saturated heterocycles. The maximum Gasteiger partial charge on any atom is 0.416 e. The van der Waals surface area contributed by atoms with Gasteiger partial charge in [-0.3, -0.25) is 9.59 Å². The minimum Gasteiger partial charge on any atom is -0.454 e. The number of halogens is 3. The molecule has 0 aromatic heterocycles. The monoisotopic (exact) mass is 407 g/mol. The molecule has 2 aromatic carbocycles. The summed E-state index contributed by atoms with van der Waals surface area (Å²) in [4.78, 5) is 34.9. The van der Waals surface area contributed by atoms with Gasteiger partial charge >= 0.3 is 12.1 Å². The summed E-state index contributed by atoms with van der Waals surface area (Å²) in [6.07, 6.45) is -3.10. The van der Waals surface area contributed by atoms with Crippen molar-refractivity contribution in [3.8, 4) is 0 Å². The summed E-state index contributed by atoms with van der Waals surface area (Å²) >= 11 is 0. The van der Waals surface area contributed by atoms with Crippen molar-refractivity contribution in [1.29, 1.82) is 0 Å². The fourth-order valence-electron chi connectivity index (χ4n) is 2.53. The molecule has 29 heavy (non-hydrogen) atoms. The van der Waals surface area contributed by atoms with Gasteiger partial charge in [0.1, 0.15) is 0 Å². The van der Waals surface area contributed by atoms with E-state index in [1.54, 1.807) is 24.3 Å². The number of amides is 1. The largest absolute Gasteiger partial charge is 0.454 e. The first-order valence-corrected chi connectivity index (χ1v) is 8.88. The van der Waals surface area contributed by atoms with Crippen LogP contribution in [0.25, 0.3) is 0 Å². The van der Waals surface area contributed by atoms with Gasteiger partial charge in [0, 0.05) is 19.0 Å². The molecule has 2 aromatic rings. The van der Waals surface area contributed by atoms with Crippen LogP contribution in [0.15, 0.2) is 48.5 Å². The van der Waals surface area contributed by atoms with Crippen molar-refractivity contribution in [2.24, 2.45) is 0 Å². The Kier molecular flexibility index (Phi) is 7.52. The van der Waals surface area contributed by atoms with E-state index in [0.29, 0.717) is 18.2 Å². The van der Waals surface area contributed by atoms with E-state index in [2.05, 4.69) is 5.32 Å². The fourth-order valence-corrected chi connectivity index (χ4v) is 2.53. The van der Waals surface area contributed by atoms with Gasteiger partial charge in [-0.15, -0.1) is 0 Å². The number of carbonyl (C=O) groups is 3. The Morgan fingerprint density at radius 2 is 1.69 bits per heavy atom. The number of rotatable bonds is 8. The van der Waals surface area contributed by atoms with Crippen LogP contribution < -0.4 is 5.32 Å². The zero-order valence-corrected chi connectivity index (χ0v) is 15.7. The molecule has 8 heteroatoms. The molecule has 154 valence electrons. The maximum absolute atomic E-state index is 12.7. The first-order chi connectivity index (χ1) is 13.7. The van der Waals surface area contributed by atoms with Gasteiger partial charge in [-0.05, 0) is 36.6 Å². The van der Waals surface area contributed by atoms with Crippen molar-refractivity contribution in [2.45, 2.75) is 25.9 Å². The summed E-state index contributed by atoms with van der Waals surface area (Å²) in [5.41, 5.74) is 0.0647. The van der Waals surface area contributed by atoms with Crippen LogP contribution in [-0.4, -0.2) is 30.8 Å². The zero-order valence-electron chi connectivity index (χ0n) is 15.7. The molecular weight excluding hydrogens is 387 g/mol. The van der Waals surface area contributed by atoms with E-state index in [-0.39, 0.29) is 11.5 Å². The number of hydrogen-bond donors (Lipinski definition) is 1. The molecule has 1 N–H and O–H groups in total. The highest BCUT2D eigenvalue weighted by atomic mass is 19.4. The summed E-state index contributed by atoms with van der Waals surface area (Å²) in [6.45, 7) is 1.43. The van der Waals surface area contributed by atoms with Gasteiger partial charge in [-0.25, -0.2) is 4.79 Å². The Morgan fingerprint density at radius 3 is 2.31 bits per heavy atom. The molecule has 1 amide bonds.